The van der Waals surface area contributed by atoms with E-state index in [-0.39, 0.29) is 18.8 Å². The van der Waals surface area contributed by atoms with Crippen molar-refractivity contribution in [3.63, 3.8) is 0 Å². The van der Waals surface area contributed by atoms with Crippen LogP contribution in [0.1, 0.15) is 50.3 Å². The van der Waals surface area contributed by atoms with Gasteiger partial charge in [0.15, 0.2) is 6.61 Å². The van der Waals surface area contributed by atoms with E-state index in [2.05, 4.69) is 4.90 Å². The zero-order valence-electron chi connectivity index (χ0n) is 23.7. The molecule has 1 saturated heterocycles. The SMILES string of the molecule is CC.CC/C(CCc1ccccc1)=C(\C(=O)C(N)=O)c1c(C)cccc1OCC(=O)OCCN1CCOCC1. The van der Waals surface area contributed by atoms with E-state index < -0.39 is 17.7 Å². The molecule has 0 aromatic heterocycles. The van der Waals surface area contributed by atoms with Gasteiger partial charge in [0.05, 0.1) is 13.2 Å². The number of hydrogen-bond donors (Lipinski definition) is 1. The zero-order valence-corrected chi connectivity index (χ0v) is 23.7. The van der Waals surface area contributed by atoms with Crippen LogP contribution >= 0.6 is 0 Å². The van der Waals surface area contributed by atoms with Gasteiger partial charge in [-0.05, 0) is 43.4 Å². The quantitative estimate of drug-likeness (QED) is 0.232. The smallest absolute Gasteiger partial charge is 0.344 e. The largest absolute Gasteiger partial charge is 0.481 e. The lowest BCUT2D eigenvalue weighted by atomic mass is 9.88. The molecule has 0 unspecified atom stereocenters. The number of hydrogen-bond acceptors (Lipinski definition) is 7. The lowest BCUT2D eigenvalue weighted by Gasteiger charge is -2.26. The molecule has 0 radical (unpaired) electrons. The number of ether oxygens (including phenoxy) is 3. The first-order valence-electron chi connectivity index (χ1n) is 13.7. The maximum absolute atomic E-state index is 13.1. The minimum absolute atomic E-state index is 0.250. The van der Waals surface area contributed by atoms with Crippen LogP contribution in [0.3, 0.4) is 0 Å². The molecule has 1 amide bonds. The van der Waals surface area contributed by atoms with E-state index in [1.165, 1.54) is 0 Å². The van der Waals surface area contributed by atoms with Gasteiger partial charge in [0.25, 0.3) is 11.7 Å². The number of nitrogens with zero attached hydrogens (tertiary/aromatic N) is 1. The van der Waals surface area contributed by atoms with Gasteiger partial charge < -0.3 is 19.9 Å². The number of primary amides is 1. The Labute approximate surface area is 232 Å². The number of allylic oxidation sites excluding steroid dienone is 1. The van der Waals surface area contributed by atoms with Gasteiger partial charge >= 0.3 is 5.97 Å². The summed E-state index contributed by atoms with van der Waals surface area (Å²) in [6.07, 6.45) is 1.84. The van der Waals surface area contributed by atoms with Gasteiger partial charge in [-0.3, -0.25) is 14.5 Å². The molecular formula is C31H42N2O6. The van der Waals surface area contributed by atoms with Crippen molar-refractivity contribution < 1.29 is 28.6 Å². The minimum atomic E-state index is -1.03. The monoisotopic (exact) mass is 538 g/mol. The number of Topliss-reactive ketones (excluding diaryl/α,β-unsaturated/α-hetero) is 1. The second kappa shape index (κ2) is 17.2. The lowest BCUT2D eigenvalue weighted by molar-refractivity contribution is -0.146. The average Bonchev–Trinajstić information content (AvgIpc) is 2.96. The van der Waals surface area contributed by atoms with Crippen molar-refractivity contribution >= 4 is 23.2 Å². The molecule has 2 aromatic carbocycles. The second-order valence-electron chi connectivity index (χ2n) is 8.92. The summed E-state index contributed by atoms with van der Waals surface area (Å²) in [5.74, 6) is -1.97. The summed E-state index contributed by atoms with van der Waals surface area (Å²) in [5.41, 5.74) is 8.87. The van der Waals surface area contributed by atoms with Crippen LogP contribution in [0.15, 0.2) is 54.1 Å². The third kappa shape index (κ3) is 9.96. The Morgan fingerprint density at radius 2 is 1.69 bits per heavy atom. The zero-order chi connectivity index (χ0) is 28.6. The number of carbonyl (C=O) groups excluding carboxylic acids is 3. The molecule has 1 fully saturated rings. The summed E-state index contributed by atoms with van der Waals surface area (Å²) in [7, 11) is 0. The van der Waals surface area contributed by atoms with Crippen molar-refractivity contribution in [1.29, 1.82) is 0 Å². The number of esters is 1. The van der Waals surface area contributed by atoms with Crippen molar-refractivity contribution in [2.75, 3.05) is 46.1 Å². The summed E-state index contributed by atoms with van der Waals surface area (Å²) in [4.78, 5) is 39.7. The van der Waals surface area contributed by atoms with Crippen molar-refractivity contribution in [2.24, 2.45) is 5.73 Å². The first kappa shape index (κ1) is 31.7. The third-order valence-corrected chi connectivity index (χ3v) is 6.39. The van der Waals surface area contributed by atoms with Crippen molar-refractivity contribution in [3.8, 4) is 5.75 Å². The molecule has 2 aromatic rings. The summed E-state index contributed by atoms with van der Waals surface area (Å²) in [6.45, 7) is 11.3. The summed E-state index contributed by atoms with van der Waals surface area (Å²) < 4.78 is 16.5. The molecule has 1 aliphatic heterocycles. The van der Waals surface area contributed by atoms with Crippen LogP contribution in [0, 0.1) is 6.92 Å². The van der Waals surface area contributed by atoms with Gasteiger partial charge in [-0.2, -0.15) is 0 Å². The van der Waals surface area contributed by atoms with E-state index in [4.69, 9.17) is 19.9 Å². The van der Waals surface area contributed by atoms with E-state index in [9.17, 15) is 14.4 Å². The van der Waals surface area contributed by atoms with Crippen LogP contribution < -0.4 is 10.5 Å². The highest BCUT2D eigenvalue weighted by Gasteiger charge is 2.26. The molecule has 8 nitrogen and oxygen atoms in total. The van der Waals surface area contributed by atoms with Crippen molar-refractivity contribution in [1.82, 2.24) is 4.90 Å². The van der Waals surface area contributed by atoms with Gasteiger partial charge in [0.1, 0.15) is 12.4 Å². The fraction of sp³-hybridized carbons (Fsp3) is 0.452. The van der Waals surface area contributed by atoms with Crippen LogP contribution in [0.25, 0.3) is 5.57 Å². The maximum Gasteiger partial charge on any atom is 0.344 e. The number of rotatable bonds is 13. The van der Waals surface area contributed by atoms with E-state index in [1.54, 1.807) is 12.1 Å². The van der Waals surface area contributed by atoms with Gasteiger partial charge in [-0.15, -0.1) is 0 Å². The molecule has 0 bridgehead atoms. The Kier molecular flexibility index (Phi) is 14.0. The molecule has 3 rings (SSSR count). The molecule has 1 aliphatic rings. The van der Waals surface area contributed by atoms with E-state index >= 15 is 0 Å². The normalized spacial score (nSPS) is 13.9. The predicted octanol–water partition coefficient (Wildman–Crippen LogP) is 4.13. The van der Waals surface area contributed by atoms with Crippen molar-refractivity contribution in [3.05, 3.63) is 70.8 Å². The van der Waals surface area contributed by atoms with Gasteiger partial charge in [0.2, 0.25) is 0 Å². The van der Waals surface area contributed by atoms with E-state index in [0.717, 1.165) is 29.8 Å². The van der Waals surface area contributed by atoms with Crippen LogP contribution in [0.5, 0.6) is 5.75 Å². The standard InChI is InChI=1S/C29H36N2O6.C2H6/c1-3-23(13-12-22-9-5-4-6-10-22)27(28(33)29(30)34)26-21(2)8-7-11-24(26)37-20-25(32)36-19-16-31-14-17-35-18-15-31;1-2/h4-11H,3,12-20H2,1-2H3,(H2,30,34);1-2H3/b27-23+;. The van der Waals surface area contributed by atoms with Gasteiger partial charge in [-0.25, -0.2) is 4.79 Å². The fourth-order valence-corrected chi connectivity index (χ4v) is 4.37. The Balaban J connectivity index is 0.00000260. The van der Waals surface area contributed by atoms with Crippen LogP contribution in [0.4, 0.5) is 0 Å². The molecule has 8 heteroatoms. The number of benzene rings is 2. The lowest BCUT2D eigenvalue weighted by Crippen LogP contribution is -2.38. The Morgan fingerprint density at radius 1 is 1.00 bits per heavy atom. The highest BCUT2D eigenvalue weighted by Crippen LogP contribution is 2.34. The first-order chi connectivity index (χ1) is 18.9. The highest BCUT2D eigenvalue weighted by atomic mass is 16.6. The van der Waals surface area contributed by atoms with Crippen LogP contribution in [-0.4, -0.2) is 68.6 Å². The molecule has 0 spiro atoms. The first-order valence-corrected chi connectivity index (χ1v) is 13.7. The average molecular weight is 539 g/mol. The minimum Gasteiger partial charge on any atom is -0.481 e. The van der Waals surface area contributed by atoms with Crippen LogP contribution in [-0.2, 0) is 30.3 Å². The van der Waals surface area contributed by atoms with Gasteiger partial charge in [0, 0.05) is 30.8 Å². The number of morpholine rings is 1. The number of ketones is 1. The summed E-state index contributed by atoms with van der Waals surface area (Å²) in [5, 5.41) is 0. The second-order valence-corrected chi connectivity index (χ2v) is 8.92. The van der Waals surface area contributed by atoms with Crippen LogP contribution in [0.2, 0.25) is 0 Å². The van der Waals surface area contributed by atoms with E-state index in [1.807, 2.05) is 64.1 Å². The molecule has 2 N–H and O–H groups in total. The Morgan fingerprint density at radius 3 is 2.33 bits per heavy atom. The van der Waals surface area contributed by atoms with Crippen molar-refractivity contribution in [2.45, 2.75) is 47.0 Å². The Hall–Kier alpha value is -3.49. The topological polar surface area (TPSA) is 108 Å². The molecule has 1 heterocycles. The molecule has 212 valence electrons. The molecule has 0 atom stereocenters. The number of amides is 1. The maximum atomic E-state index is 13.1. The highest BCUT2D eigenvalue weighted by molar-refractivity contribution is 6.53. The summed E-state index contributed by atoms with van der Waals surface area (Å²) in [6, 6.07) is 15.2. The molecule has 39 heavy (non-hydrogen) atoms. The van der Waals surface area contributed by atoms with E-state index in [0.29, 0.717) is 50.3 Å². The molecule has 0 saturated carbocycles. The third-order valence-electron chi connectivity index (χ3n) is 6.39. The molecule has 0 aliphatic carbocycles. The number of carbonyl (C=O) groups is 3. The molecular weight excluding hydrogens is 496 g/mol. The Bertz CT molecular complexity index is 1110. The predicted molar refractivity (Wildman–Crippen MR) is 152 cm³/mol. The summed E-state index contributed by atoms with van der Waals surface area (Å²) >= 11 is 0. The fourth-order valence-electron chi connectivity index (χ4n) is 4.37. The number of aryl methyl sites for hydroxylation is 2. The number of nitrogens with two attached hydrogens (primary N) is 1. The van der Waals surface area contributed by atoms with Gasteiger partial charge in [-0.1, -0.05) is 68.8 Å².